The number of ether oxygens (including phenoxy) is 2. The van der Waals surface area contributed by atoms with Crippen molar-refractivity contribution in [1.29, 1.82) is 0 Å². The number of nitrogens with zero attached hydrogens (tertiary/aromatic N) is 1. The first-order valence-corrected chi connectivity index (χ1v) is 7.87. The van der Waals surface area contributed by atoms with Crippen LogP contribution in [0.25, 0.3) is 0 Å². The van der Waals surface area contributed by atoms with Gasteiger partial charge in [-0.15, -0.1) is 0 Å². The van der Waals surface area contributed by atoms with Crippen LogP contribution in [0, 0.1) is 0 Å². The van der Waals surface area contributed by atoms with Crippen LogP contribution in [0.4, 0.5) is 0 Å². The molecule has 1 heterocycles. The van der Waals surface area contributed by atoms with Crippen LogP contribution < -0.4 is 5.32 Å². The summed E-state index contributed by atoms with van der Waals surface area (Å²) in [5, 5.41) is 3.54. The molecular formula is C17H28N2O2. The van der Waals surface area contributed by atoms with Gasteiger partial charge < -0.3 is 19.7 Å². The lowest BCUT2D eigenvalue weighted by molar-refractivity contribution is -0.100. The summed E-state index contributed by atoms with van der Waals surface area (Å²) in [6, 6.07) is 11.3. The Labute approximate surface area is 128 Å². The topological polar surface area (TPSA) is 33.7 Å². The van der Waals surface area contributed by atoms with Gasteiger partial charge in [0.25, 0.3) is 0 Å². The molecule has 0 bridgehead atoms. The molecule has 1 N–H and O–H groups in total. The van der Waals surface area contributed by atoms with Crippen LogP contribution in [-0.4, -0.2) is 57.6 Å². The largest absolute Gasteiger partial charge is 0.355 e. The molecule has 1 aliphatic rings. The predicted octanol–water partition coefficient (Wildman–Crippen LogP) is 1.90. The van der Waals surface area contributed by atoms with Gasteiger partial charge in [0.1, 0.15) is 0 Å². The van der Waals surface area contributed by atoms with Crippen LogP contribution in [0.15, 0.2) is 30.3 Å². The Morgan fingerprint density at radius 2 is 1.81 bits per heavy atom. The minimum Gasteiger partial charge on any atom is -0.355 e. The van der Waals surface area contributed by atoms with Crippen molar-refractivity contribution in [2.24, 2.45) is 0 Å². The van der Waals surface area contributed by atoms with Crippen molar-refractivity contribution in [3.05, 3.63) is 35.9 Å². The van der Waals surface area contributed by atoms with E-state index in [9.17, 15) is 0 Å². The second-order valence-electron chi connectivity index (χ2n) is 5.66. The molecule has 0 radical (unpaired) electrons. The van der Waals surface area contributed by atoms with Gasteiger partial charge >= 0.3 is 0 Å². The number of hydrogen-bond acceptors (Lipinski definition) is 4. The van der Waals surface area contributed by atoms with Gasteiger partial charge in [0.2, 0.25) is 0 Å². The molecule has 1 aromatic rings. The minimum absolute atomic E-state index is 0.138. The van der Waals surface area contributed by atoms with Crippen LogP contribution in [-0.2, 0) is 15.9 Å². The molecule has 1 aliphatic heterocycles. The van der Waals surface area contributed by atoms with E-state index in [0.29, 0.717) is 6.04 Å². The van der Waals surface area contributed by atoms with E-state index in [1.165, 1.54) is 31.5 Å². The Morgan fingerprint density at radius 3 is 2.43 bits per heavy atom. The van der Waals surface area contributed by atoms with Crippen molar-refractivity contribution < 1.29 is 9.47 Å². The third kappa shape index (κ3) is 5.75. The molecule has 1 fully saturated rings. The third-order valence-electron chi connectivity index (χ3n) is 4.25. The van der Waals surface area contributed by atoms with Crippen LogP contribution >= 0.6 is 0 Å². The second kappa shape index (κ2) is 9.15. The lowest BCUT2D eigenvalue weighted by Crippen LogP contribution is -2.45. The fourth-order valence-corrected chi connectivity index (χ4v) is 2.82. The summed E-state index contributed by atoms with van der Waals surface area (Å²) in [4.78, 5) is 2.56. The summed E-state index contributed by atoms with van der Waals surface area (Å²) in [7, 11) is 3.37. The Bertz CT molecular complexity index is 374. The summed E-state index contributed by atoms with van der Waals surface area (Å²) >= 11 is 0. The third-order valence-corrected chi connectivity index (χ3v) is 4.25. The summed E-state index contributed by atoms with van der Waals surface area (Å²) < 4.78 is 10.4. The molecule has 4 nitrogen and oxygen atoms in total. The molecular weight excluding hydrogens is 264 g/mol. The highest BCUT2D eigenvalue weighted by atomic mass is 16.7. The molecule has 0 aliphatic carbocycles. The van der Waals surface area contributed by atoms with Gasteiger partial charge in [0.05, 0.1) is 0 Å². The number of likely N-dealkylation sites (tertiary alicyclic amines) is 1. The zero-order valence-corrected chi connectivity index (χ0v) is 13.3. The van der Waals surface area contributed by atoms with Gasteiger partial charge in [0.15, 0.2) is 6.29 Å². The molecule has 2 rings (SSSR count). The number of rotatable bonds is 8. The van der Waals surface area contributed by atoms with Crippen molar-refractivity contribution in [3.8, 4) is 0 Å². The first-order valence-electron chi connectivity index (χ1n) is 7.87. The first kappa shape index (κ1) is 16.4. The number of piperidine rings is 1. The highest BCUT2D eigenvalue weighted by Gasteiger charge is 2.19. The number of nitrogens with one attached hydrogen (secondary N) is 1. The van der Waals surface area contributed by atoms with E-state index in [1.54, 1.807) is 14.2 Å². The molecule has 1 aromatic carbocycles. The zero-order chi connectivity index (χ0) is 14.9. The normalized spacial score (nSPS) is 17.5. The van der Waals surface area contributed by atoms with Crippen LogP contribution in [0.5, 0.6) is 0 Å². The maximum atomic E-state index is 5.20. The van der Waals surface area contributed by atoms with Gasteiger partial charge in [-0.2, -0.15) is 0 Å². The van der Waals surface area contributed by atoms with E-state index >= 15 is 0 Å². The maximum absolute atomic E-state index is 5.20. The van der Waals surface area contributed by atoms with E-state index in [4.69, 9.17) is 9.47 Å². The first-order chi connectivity index (χ1) is 10.3. The highest BCUT2D eigenvalue weighted by molar-refractivity contribution is 5.14. The van der Waals surface area contributed by atoms with E-state index in [2.05, 4.69) is 40.5 Å². The number of methoxy groups -OCH3 is 2. The standard InChI is InChI=1S/C17H28N2O2/c1-20-17(21-2)14-18-16-9-12-19(13-10-16)11-8-15-6-4-3-5-7-15/h3-7,16-18H,8-14H2,1-2H3. The Morgan fingerprint density at radius 1 is 1.14 bits per heavy atom. The Kier molecular flexibility index (Phi) is 7.16. The van der Waals surface area contributed by atoms with Gasteiger partial charge in [-0.3, -0.25) is 0 Å². The molecule has 0 atom stereocenters. The van der Waals surface area contributed by atoms with Crippen LogP contribution in [0.1, 0.15) is 18.4 Å². The van der Waals surface area contributed by atoms with Crippen molar-refractivity contribution in [1.82, 2.24) is 10.2 Å². The molecule has 0 unspecified atom stereocenters. The zero-order valence-electron chi connectivity index (χ0n) is 13.3. The molecule has 0 spiro atoms. The van der Waals surface area contributed by atoms with Gasteiger partial charge in [-0.1, -0.05) is 30.3 Å². The van der Waals surface area contributed by atoms with E-state index in [0.717, 1.165) is 19.5 Å². The van der Waals surface area contributed by atoms with E-state index in [-0.39, 0.29) is 6.29 Å². The van der Waals surface area contributed by atoms with Gasteiger partial charge in [-0.05, 0) is 37.9 Å². The molecule has 0 aromatic heterocycles. The Balaban J connectivity index is 1.62. The van der Waals surface area contributed by atoms with E-state index in [1.807, 2.05) is 0 Å². The lowest BCUT2D eigenvalue weighted by atomic mass is 10.0. The SMILES string of the molecule is COC(CNC1CCN(CCc2ccccc2)CC1)OC. The minimum atomic E-state index is -0.138. The smallest absolute Gasteiger partial charge is 0.169 e. The quantitative estimate of drug-likeness (QED) is 0.742. The Hall–Kier alpha value is -0.940. The van der Waals surface area contributed by atoms with Crippen molar-refractivity contribution >= 4 is 0 Å². The second-order valence-corrected chi connectivity index (χ2v) is 5.66. The van der Waals surface area contributed by atoms with Crippen molar-refractivity contribution in [2.75, 3.05) is 40.4 Å². The average Bonchev–Trinajstić information content (AvgIpc) is 2.56. The predicted molar refractivity (Wildman–Crippen MR) is 85.4 cm³/mol. The lowest BCUT2D eigenvalue weighted by Gasteiger charge is -2.33. The number of hydrogen-bond donors (Lipinski definition) is 1. The van der Waals surface area contributed by atoms with Crippen LogP contribution in [0.2, 0.25) is 0 Å². The fraction of sp³-hybridized carbons (Fsp3) is 0.647. The molecule has 4 heteroatoms. The van der Waals surface area contributed by atoms with Gasteiger partial charge in [0, 0.05) is 33.4 Å². The molecule has 118 valence electrons. The van der Waals surface area contributed by atoms with Crippen molar-refractivity contribution in [2.45, 2.75) is 31.6 Å². The maximum Gasteiger partial charge on any atom is 0.169 e. The van der Waals surface area contributed by atoms with Crippen LogP contribution in [0.3, 0.4) is 0 Å². The molecule has 21 heavy (non-hydrogen) atoms. The summed E-state index contributed by atoms with van der Waals surface area (Å²) in [6.45, 7) is 4.28. The van der Waals surface area contributed by atoms with E-state index < -0.39 is 0 Å². The molecule has 1 saturated heterocycles. The fourth-order valence-electron chi connectivity index (χ4n) is 2.82. The highest BCUT2D eigenvalue weighted by Crippen LogP contribution is 2.11. The summed E-state index contributed by atoms with van der Waals surface area (Å²) in [6.07, 6.45) is 3.42. The number of benzene rings is 1. The summed E-state index contributed by atoms with van der Waals surface area (Å²) in [5.74, 6) is 0. The average molecular weight is 292 g/mol. The molecule has 0 amide bonds. The monoisotopic (exact) mass is 292 g/mol. The van der Waals surface area contributed by atoms with Crippen molar-refractivity contribution in [3.63, 3.8) is 0 Å². The van der Waals surface area contributed by atoms with Gasteiger partial charge in [-0.25, -0.2) is 0 Å². The molecule has 0 saturated carbocycles. The summed E-state index contributed by atoms with van der Waals surface area (Å²) in [5.41, 5.74) is 1.43.